The minimum atomic E-state index is -0.747. The van der Waals surface area contributed by atoms with Crippen LogP contribution in [0.2, 0.25) is 3.43 Å². The molecule has 1 fully saturated rings. The van der Waals surface area contributed by atoms with E-state index >= 15 is 0 Å². The van der Waals surface area contributed by atoms with Crippen molar-refractivity contribution in [2.75, 3.05) is 17.7 Å². The third kappa shape index (κ3) is 7.43. The normalized spacial score (nSPS) is 14.1. The van der Waals surface area contributed by atoms with E-state index in [0.717, 1.165) is 35.0 Å². The van der Waals surface area contributed by atoms with Crippen LogP contribution in [-0.4, -0.2) is 44.1 Å². The number of rotatable bonds is 15. The molecule has 5 nitrogen and oxygen atoms in total. The van der Waals surface area contributed by atoms with E-state index in [1.54, 1.807) is 0 Å². The number of carbonyl (C=O) groups excluding carboxylic acids is 1. The van der Waals surface area contributed by atoms with Crippen molar-refractivity contribution in [3.8, 4) is 0 Å². The van der Waals surface area contributed by atoms with Gasteiger partial charge in [-0.1, -0.05) is 0 Å². The summed E-state index contributed by atoms with van der Waals surface area (Å²) in [5, 5.41) is 8.28. The molecule has 0 bridgehead atoms. The first kappa shape index (κ1) is 27.0. The van der Waals surface area contributed by atoms with Crippen LogP contribution in [0.4, 0.5) is 11.6 Å². The molecule has 0 unspecified atom stereocenters. The van der Waals surface area contributed by atoms with E-state index in [9.17, 15) is 4.79 Å². The number of hydrogen-bond acceptors (Lipinski definition) is 4. The maximum atomic E-state index is 12.3. The number of nitrogens with one attached hydrogen (secondary N) is 2. The maximum absolute atomic E-state index is 12.3. The molecule has 0 spiro atoms. The van der Waals surface area contributed by atoms with Crippen molar-refractivity contribution >= 4 is 55.5 Å². The van der Waals surface area contributed by atoms with Gasteiger partial charge in [0.1, 0.15) is 0 Å². The average Bonchev–Trinajstić information content (AvgIpc) is 3.70. The van der Waals surface area contributed by atoms with Crippen LogP contribution in [0.3, 0.4) is 0 Å². The van der Waals surface area contributed by atoms with Crippen LogP contribution < -0.4 is 10.6 Å². The summed E-state index contributed by atoms with van der Waals surface area (Å²) in [5.74, 6) is 1.71. The Labute approximate surface area is 216 Å². The predicted octanol–water partition coefficient (Wildman–Crippen LogP) is 7.42. The zero-order valence-electron chi connectivity index (χ0n) is 21.5. The molecule has 2 aromatic rings. The Balaban J connectivity index is 1.87. The molecule has 2 radical (unpaired) electrons. The summed E-state index contributed by atoms with van der Waals surface area (Å²) in [7, 11) is 1.89. The fourth-order valence-electron chi connectivity index (χ4n) is 4.58. The number of fused-ring (bicyclic) bond motifs is 1. The molecular formula is C28H42N4OSn. The van der Waals surface area contributed by atoms with Gasteiger partial charge in [0.25, 0.3) is 0 Å². The topological polar surface area (TPSA) is 66.9 Å². The summed E-state index contributed by atoms with van der Waals surface area (Å²) in [6.07, 6.45) is 20.1. The first-order valence-electron chi connectivity index (χ1n) is 13.3. The first-order valence-corrected chi connectivity index (χ1v) is 16.3. The SMILES string of the molecule is CCCC[C](CCCC)(CCCC)[Sn]/[CH]=C/c1cnc(NC)c2cnc(NC(=O)C3CC3)cc12. The molecule has 2 N–H and O–H groups in total. The number of amides is 1. The second kappa shape index (κ2) is 13.5. The van der Waals surface area contributed by atoms with Crippen molar-refractivity contribution in [3.05, 3.63) is 28.1 Å². The van der Waals surface area contributed by atoms with Gasteiger partial charge in [0.05, 0.1) is 0 Å². The number of aromatic nitrogens is 2. The fourth-order valence-corrected chi connectivity index (χ4v) is 9.08. The first-order chi connectivity index (χ1) is 16.6. The third-order valence-electron chi connectivity index (χ3n) is 6.92. The molecule has 34 heavy (non-hydrogen) atoms. The Morgan fingerprint density at radius 2 is 1.68 bits per heavy atom. The Hall–Kier alpha value is -1.63. The summed E-state index contributed by atoms with van der Waals surface area (Å²) in [5.41, 5.74) is 1.12. The van der Waals surface area contributed by atoms with Gasteiger partial charge in [0, 0.05) is 0 Å². The third-order valence-corrected chi connectivity index (χ3v) is 11.8. The van der Waals surface area contributed by atoms with Gasteiger partial charge in [-0.25, -0.2) is 0 Å². The molecule has 1 aliphatic rings. The fraction of sp³-hybridized carbons (Fsp3) is 0.607. The van der Waals surface area contributed by atoms with E-state index in [1.165, 1.54) is 57.8 Å². The number of pyridine rings is 2. The summed E-state index contributed by atoms with van der Waals surface area (Å²) < 4.78 is 3.11. The van der Waals surface area contributed by atoms with Crippen LogP contribution in [0, 0.1) is 5.92 Å². The predicted molar refractivity (Wildman–Crippen MR) is 146 cm³/mol. The molecule has 0 aromatic carbocycles. The summed E-state index contributed by atoms with van der Waals surface area (Å²) in [4.78, 5) is 21.4. The summed E-state index contributed by atoms with van der Waals surface area (Å²) >= 11 is -0.747. The van der Waals surface area contributed by atoms with Gasteiger partial charge in [0.15, 0.2) is 0 Å². The van der Waals surface area contributed by atoms with E-state index in [1.807, 2.05) is 25.5 Å². The van der Waals surface area contributed by atoms with E-state index in [-0.39, 0.29) is 11.8 Å². The molecule has 2 aromatic heterocycles. The second-order valence-corrected chi connectivity index (χ2v) is 14.6. The van der Waals surface area contributed by atoms with E-state index in [2.05, 4.69) is 51.5 Å². The molecule has 2 heterocycles. The van der Waals surface area contributed by atoms with Gasteiger partial charge in [-0.05, 0) is 0 Å². The van der Waals surface area contributed by atoms with Crippen LogP contribution in [0.5, 0.6) is 0 Å². The van der Waals surface area contributed by atoms with Crippen molar-refractivity contribution in [1.82, 2.24) is 9.97 Å². The number of unbranched alkanes of at least 4 members (excludes halogenated alkanes) is 3. The molecule has 1 saturated carbocycles. The van der Waals surface area contributed by atoms with Gasteiger partial charge in [-0.2, -0.15) is 0 Å². The van der Waals surface area contributed by atoms with E-state index in [4.69, 9.17) is 0 Å². The Morgan fingerprint density at radius 1 is 1.03 bits per heavy atom. The Kier molecular flexibility index (Phi) is 10.7. The molecular weight excluding hydrogens is 527 g/mol. The molecule has 1 aliphatic carbocycles. The van der Waals surface area contributed by atoms with Gasteiger partial charge in [-0.15, -0.1) is 0 Å². The van der Waals surface area contributed by atoms with Crippen LogP contribution in [-0.2, 0) is 4.79 Å². The quantitative estimate of drug-likeness (QED) is 0.219. The summed E-state index contributed by atoms with van der Waals surface area (Å²) in [6, 6.07) is 2.02. The van der Waals surface area contributed by atoms with Crippen molar-refractivity contribution in [2.45, 2.75) is 94.8 Å². The van der Waals surface area contributed by atoms with Crippen molar-refractivity contribution < 1.29 is 4.79 Å². The number of nitrogens with zero attached hydrogens (tertiary/aromatic N) is 2. The second-order valence-electron chi connectivity index (χ2n) is 9.76. The molecule has 0 saturated heterocycles. The standard InChI is InChI=1S/C15H15N4O.C13H27.Sn/c1-3-9-7-18-14(16-2)12-8-17-13(6-11(9)12)19-15(20)10-4-5-10;1-4-7-10-13(11-8-5-2)12-9-6-3;/h1,3,6-8,10H,4-5H2,2H3,(H,16,18)(H,17,19,20);4-12H2,1-3H3;. The van der Waals surface area contributed by atoms with Crippen LogP contribution >= 0.6 is 0 Å². The molecule has 0 atom stereocenters. The van der Waals surface area contributed by atoms with E-state index < -0.39 is 21.1 Å². The van der Waals surface area contributed by atoms with Gasteiger partial charge in [0.2, 0.25) is 0 Å². The number of hydrogen-bond donors (Lipinski definition) is 2. The van der Waals surface area contributed by atoms with Crippen LogP contribution in [0.25, 0.3) is 16.8 Å². The summed E-state index contributed by atoms with van der Waals surface area (Å²) in [6.45, 7) is 6.96. The van der Waals surface area contributed by atoms with E-state index in [0.29, 0.717) is 9.25 Å². The minimum absolute atomic E-state index is 0.0912. The Bertz CT molecular complexity index is 949. The molecule has 184 valence electrons. The van der Waals surface area contributed by atoms with Crippen molar-refractivity contribution in [3.63, 3.8) is 0 Å². The van der Waals surface area contributed by atoms with Gasteiger partial charge >= 0.3 is 217 Å². The molecule has 1 amide bonds. The molecule has 6 heteroatoms. The van der Waals surface area contributed by atoms with Crippen LogP contribution in [0.1, 0.15) is 97.0 Å². The molecule has 0 aliphatic heterocycles. The zero-order chi connectivity index (χ0) is 24.4. The molecule has 3 rings (SSSR count). The van der Waals surface area contributed by atoms with Gasteiger partial charge < -0.3 is 0 Å². The van der Waals surface area contributed by atoms with Gasteiger partial charge in [-0.3, -0.25) is 0 Å². The van der Waals surface area contributed by atoms with Crippen molar-refractivity contribution in [2.24, 2.45) is 5.92 Å². The number of anilines is 2. The zero-order valence-corrected chi connectivity index (χ0v) is 24.4. The van der Waals surface area contributed by atoms with Crippen molar-refractivity contribution in [1.29, 1.82) is 0 Å². The van der Waals surface area contributed by atoms with Crippen LogP contribution in [0.15, 0.2) is 22.6 Å². The average molecular weight is 569 g/mol. The number of carbonyl (C=O) groups is 1. The Morgan fingerprint density at radius 3 is 2.24 bits per heavy atom. The monoisotopic (exact) mass is 570 g/mol.